The van der Waals surface area contributed by atoms with Gasteiger partial charge in [-0.1, -0.05) is 146 Å². The van der Waals surface area contributed by atoms with Crippen LogP contribution in [-0.2, 0) is 77.0 Å². The lowest BCUT2D eigenvalue weighted by Gasteiger charge is -2.39. The number of rotatable bonds is 0. The molecule has 0 fully saturated rings. The molecule has 6 aliphatic carbocycles. The van der Waals surface area contributed by atoms with Crippen LogP contribution in [0.1, 0.15) is 134 Å². The molecule has 15 aromatic rings. The Kier molecular flexibility index (Phi) is 11.5. The molecule has 3 aromatic heterocycles. The molecule has 6 nitrogen and oxygen atoms in total. The predicted molar refractivity (Wildman–Crippen MR) is 423 cm³/mol. The molecule has 0 saturated carbocycles. The van der Waals surface area contributed by atoms with Crippen molar-refractivity contribution in [3.8, 4) is 66.8 Å². The standard InChI is InChI=1S/3C33H22N2/c1-3-7-27-19(5-1)9-21-11-22-12-23-15-32-24(14-28(23)30(22)16-29(21)27)13-26-18-34-17-25-10-20-6-2-4-8-31(20)35(32)33(25)26;1-3-7-26-19(5-1)11-22-13-23-14-24-17-32-25(15-27(24)29(23)18-28(22)26)12-21-9-10-34-30-16-20-6-2-4-8-31(20)35(32)33(21)30;1-3-7-26-19(5-1)11-22-13-23-14-24-17-32-25(15-27(24)29(23)18-28(22)26)16-30-33-21(9-10-34-30)12-20-6-2-4-8-31(20)35(32)33/h1-8,11,14-18H,9-10,12-13H2;2*1-10,13,15,17-18H,11-12,14,16H2. The largest absolute Gasteiger partial charge is 0.309 e. The molecule has 6 heteroatoms. The molecule has 12 aromatic carbocycles. The second-order valence-electron chi connectivity index (χ2n) is 31.2. The van der Waals surface area contributed by atoms with Crippen LogP contribution in [0.25, 0.3) is 66.8 Å². The van der Waals surface area contributed by atoms with Crippen LogP contribution in [-0.4, -0.2) is 15.0 Å². The maximum Gasteiger partial charge on any atom is 0.0716 e. The van der Waals surface area contributed by atoms with Crippen molar-refractivity contribution >= 4 is 51.2 Å². The lowest BCUT2D eigenvalue weighted by Crippen LogP contribution is -2.25. The summed E-state index contributed by atoms with van der Waals surface area (Å²) < 4.78 is 0. The molecule has 0 saturated heterocycles. The summed E-state index contributed by atoms with van der Waals surface area (Å²) in [5.74, 6) is 0. The zero-order valence-corrected chi connectivity index (χ0v) is 57.9. The van der Waals surface area contributed by atoms with Gasteiger partial charge in [-0.3, -0.25) is 15.0 Å². The number of anilines is 9. The topological polar surface area (TPSA) is 48.4 Å². The molecule has 0 spiro atoms. The summed E-state index contributed by atoms with van der Waals surface area (Å²) in [4.78, 5) is 21.8. The lowest BCUT2D eigenvalue weighted by atomic mass is 9.86. The molecule has 0 N–H and O–H groups in total. The smallest absolute Gasteiger partial charge is 0.0716 e. The molecule has 0 amide bonds. The van der Waals surface area contributed by atoms with Crippen molar-refractivity contribution in [2.45, 2.75) is 77.0 Å². The number of hydrogen-bond acceptors (Lipinski definition) is 6. The van der Waals surface area contributed by atoms with Crippen LogP contribution in [0.5, 0.6) is 0 Å². The molecule has 12 aliphatic rings. The van der Waals surface area contributed by atoms with Crippen molar-refractivity contribution in [1.82, 2.24) is 15.0 Å². The van der Waals surface area contributed by atoms with E-state index in [0.29, 0.717) is 0 Å². The minimum Gasteiger partial charge on any atom is -0.309 e. The molecule has 0 atom stereocenters. The van der Waals surface area contributed by atoms with E-state index in [4.69, 9.17) is 9.97 Å². The first-order valence-electron chi connectivity index (χ1n) is 37.7. The zero-order valence-electron chi connectivity index (χ0n) is 57.9. The van der Waals surface area contributed by atoms with Gasteiger partial charge in [-0.25, -0.2) is 0 Å². The van der Waals surface area contributed by atoms with Gasteiger partial charge in [0.1, 0.15) is 0 Å². The summed E-state index contributed by atoms with van der Waals surface area (Å²) in [5, 5.41) is 0. The fourth-order valence-electron chi connectivity index (χ4n) is 21.0. The number of aromatic nitrogens is 3. The van der Waals surface area contributed by atoms with E-state index >= 15 is 0 Å². The van der Waals surface area contributed by atoms with E-state index in [1.807, 2.05) is 12.4 Å². The average molecular weight is 1340 g/mol. The highest BCUT2D eigenvalue weighted by molar-refractivity contribution is 5.98. The Hall–Kier alpha value is -12.5. The maximum absolute atomic E-state index is 4.85. The summed E-state index contributed by atoms with van der Waals surface area (Å²) in [6.45, 7) is 0. The highest BCUT2D eigenvalue weighted by Crippen LogP contribution is 2.58. The van der Waals surface area contributed by atoms with E-state index in [-0.39, 0.29) is 0 Å². The van der Waals surface area contributed by atoms with Gasteiger partial charge in [0, 0.05) is 80.4 Å². The first-order chi connectivity index (χ1) is 51.9. The van der Waals surface area contributed by atoms with Crippen LogP contribution in [0.4, 0.5) is 51.2 Å². The summed E-state index contributed by atoms with van der Waals surface area (Å²) in [6, 6.07) is 87.4. The Balaban J connectivity index is 0.0000000914. The van der Waals surface area contributed by atoms with E-state index in [1.54, 1.807) is 0 Å². The zero-order chi connectivity index (χ0) is 68.0. The summed E-state index contributed by atoms with van der Waals surface area (Å²) in [6.07, 6.45) is 20.0. The first-order valence-corrected chi connectivity index (χ1v) is 37.7. The first kappa shape index (κ1) is 57.1. The van der Waals surface area contributed by atoms with E-state index in [1.165, 1.54) is 252 Å². The monoisotopic (exact) mass is 1340 g/mol. The van der Waals surface area contributed by atoms with Crippen molar-refractivity contribution < 1.29 is 0 Å². The lowest BCUT2D eigenvalue weighted by molar-refractivity contribution is 0.959. The summed E-state index contributed by atoms with van der Waals surface area (Å²) in [7, 11) is 0. The van der Waals surface area contributed by atoms with Gasteiger partial charge in [0.05, 0.1) is 45.5 Å². The maximum atomic E-state index is 4.85. The van der Waals surface area contributed by atoms with Crippen LogP contribution in [0, 0.1) is 0 Å². The van der Waals surface area contributed by atoms with Crippen LogP contribution >= 0.6 is 0 Å². The van der Waals surface area contributed by atoms with Gasteiger partial charge in [0.15, 0.2) is 0 Å². The van der Waals surface area contributed by atoms with Crippen LogP contribution in [0.15, 0.2) is 255 Å². The fraction of sp³-hybridized carbons (Fsp3) is 0.121. The van der Waals surface area contributed by atoms with Gasteiger partial charge in [0.2, 0.25) is 0 Å². The van der Waals surface area contributed by atoms with Gasteiger partial charge in [-0.2, -0.15) is 0 Å². The van der Waals surface area contributed by atoms with Gasteiger partial charge >= 0.3 is 0 Å². The third kappa shape index (κ3) is 8.17. The third-order valence-corrected chi connectivity index (χ3v) is 25.5. The Labute approximate surface area is 609 Å². The molecule has 492 valence electrons. The fourth-order valence-corrected chi connectivity index (χ4v) is 21.0. The molecular formula is C99H66N6. The van der Waals surface area contributed by atoms with Gasteiger partial charge in [-0.05, 0) is 313 Å². The molecule has 0 radical (unpaired) electrons. The average Bonchev–Trinajstić information content (AvgIpc) is 1.67. The molecule has 0 bridgehead atoms. The third-order valence-electron chi connectivity index (χ3n) is 25.5. The van der Waals surface area contributed by atoms with E-state index in [9.17, 15) is 0 Å². The second-order valence-corrected chi connectivity index (χ2v) is 31.2. The van der Waals surface area contributed by atoms with Gasteiger partial charge in [-0.15, -0.1) is 0 Å². The van der Waals surface area contributed by atoms with Crippen molar-refractivity contribution in [3.05, 3.63) is 389 Å². The van der Waals surface area contributed by atoms with Crippen molar-refractivity contribution in [3.63, 3.8) is 0 Å². The number of fused-ring (bicyclic) bond motifs is 30. The van der Waals surface area contributed by atoms with Gasteiger partial charge < -0.3 is 14.7 Å². The number of hydrogen-bond donors (Lipinski definition) is 0. The minimum absolute atomic E-state index is 0.896. The number of nitrogens with zero attached hydrogens (tertiary/aromatic N) is 6. The van der Waals surface area contributed by atoms with Crippen LogP contribution in [0.3, 0.4) is 0 Å². The van der Waals surface area contributed by atoms with E-state index in [2.05, 4.69) is 263 Å². The van der Waals surface area contributed by atoms with Crippen molar-refractivity contribution in [2.24, 2.45) is 0 Å². The van der Waals surface area contributed by atoms with Crippen molar-refractivity contribution in [2.75, 3.05) is 14.7 Å². The molecule has 6 aliphatic heterocycles. The summed E-state index contributed by atoms with van der Waals surface area (Å²) >= 11 is 0. The predicted octanol–water partition coefficient (Wildman–Crippen LogP) is 22.5. The normalized spacial score (nSPS) is 14.9. The van der Waals surface area contributed by atoms with Crippen LogP contribution < -0.4 is 14.7 Å². The Morgan fingerprint density at radius 2 is 0.457 bits per heavy atom. The second kappa shape index (κ2) is 21.1. The molecule has 9 heterocycles. The van der Waals surface area contributed by atoms with E-state index in [0.717, 1.165) is 77.0 Å². The Morgan fingerprint density at radius 1 is 0.181 bits per heavy atom. The molecule has 27 rings (SSSR count). The Bertz CT molecular complexity index is 5900. The minimum atomic E-state index is 0.896. The van der Waals surface area contributed by atoms with Crippen molar-refractivity contribution in [1.29, 1.82) is 0 Å². The molecule has 105 heavy (non-hydrogen) atoms. The molecule has 0 unspecified atom stereocenters. The number of benzene rings is 12. The summed E-state index contributed by atoms with van der Waals surface area (Å²) in [5.41, 5.74) is 62.8. The molecular weight excluding hydrogens is 1270 g/mol. The van der Waals surface area contributed by atoms with E-state index < -0.39 is 0 Å². The van der Waals surface area contributed by atoms with Gasteiger partial charge in [0.25, 0.3) is 0 Å². The number of pyridine rings is 3. The highest BCUT2D eigenvalue weighted by atomic mass is 15.2. The van der Waals surface area contributed by atoms with Crippen LogP contribution in [0.2, 0.25) is 0 Å². The quantitative estimate of drug-likeness (QED) is 0.151. The SMILES string of the molecule is c1ccc2c(c1)Cc1cc3c(cc1-2)-c1cc2c(cc1C3)N1c3ccccc3Cc3ccnc(c31)C2.c1ccc2c(c1)Cc1cc3c(cc1-2)-c1cc2c(cc1C3)N1c3ccccc3Cc3cncc(c31)C2.c1ccc2c(c1)Cc1cc3c(cc1-2)-c1cc2c(cc1C3)N1c3ccccc3Cc3nccc(c31)C2. The highest BCUT2D eigenvalue weighted by Gasteiger charge is 2.39. The number of para-hydroxylation sites is 3. The Morgan fingerprint density at radius 3 is 0.876 bits per heavy atom.